The van der Waals surface area contributed by atoms with Crippen molar-refractivity contribution in [3.05, 3.63) is 32.6 Å². The highest BCUT2D eigenvalue weighted by molar-refractivity contribution is 5.43. The fourth-order valence-electron chi connectivity index (χ4n) is 1.97. The summed E-state index contributed by atoms with van der Waals surface area (Å²) in [5.74, 6) is -0.470. The average Bonchev–Trinajstić information content (AvgIpc) is 2.84. The molecule has 0 N–H and O–H groups in total. The lowest BCUT2D eigenvalue weighted by atomic mass is 10.4. The molecule has 2 aromatic rings. The maximum absolute atomic E-state index is 11.9. The van der Waals surface area contributed by atoms with Gasteiger partial charge < -0.3 is 9.67 Å². The van der Waals surface area contributed by atoms with Crippen LogP contribution in [0.25, 0.3) is 0 Å². The highest BCUT2D eigenvalue weighted by Crippen LogP contribution is 2.20. The van der Waals surface area contributed by atoms with Crippen molar-refractivity contribution < 1.29 is 5.11 Å². The van der Waals surface area contributed by atoms with E-state index in [0.717, 1.165) is 27.8 Å². The zero-order valence-corrected chi connectivity index (χ0v) is 12.9. The fourth-order valence-corrected chi connectivity index (χ4v) is 1.97. The smallest absolute Gasteiger partial charge is 0.330 e. The topological polar surface area (TPSA) is 110 Å². The molecular weight excluding hydrogens is 288 g/mol. The predicted octanol–water partition coefficient (Wildman–Crippen LogP) is 0.488. The summed E-state index contributed by atoms with van der Waals surface area (Å²) in [5, 5.41) is 23.7. The SMILES string of the molecule is CCCn1nc(N=Nc2c([O-])n(C)c(=O)n(C)c2=O)cc1C. The first kappa shape index (κ1) is 15.7. The van der Waals surface area contributed by atoms with Crippen molar-refractivity contribution >= 4 is 11.5 Å². The molecule has 118 valence electrons. The highest BCUT2D eigenvalue weighted by Gasteiger charge is 2.09. The second-order valence-electron chi connectivity index (χ2n) is 4.93. The Morgan fingerprint density at radius 3 is 2.55 bits per heavy atom. The van der Waals surface area contributed by atoms with Crippen LogP contribution in [0.5, 0.6) is 5.88 Å². The van der Waals surface area contributed by atoms with Gasteiger partial charge in [-0.1, -0.05) is 6.92 Å². The van der Waals surface area contributed by atoms with Gasteiger partial charge in [0.1, 0.15) is 0 Å². The summed E-state index contributed by atoms with van der Waals surface area (Å²) in [6, 6.07) is 1.70. The van der Waals surface area contributed by atoms with Crippen molar-refractivity contribution in [2.45, 2.75) is 26.8 Å². The molecule has 0 atom stereocenters. The van der Waals surface area contributed by atoms with Crippen LogP contribution in [-0.2, 0) is 20.6 Å². The fraction of sp³-hybridized carbons (Fsp3) is 0.462. The van der Waals surface area contributed by atoms with Gasteiger partial charge in [-0.2, -0.15) is 5.10 Å². The molecule has 0 aliphatic carbocycles. The number of azo groups is 1. The molecule has 0 aliphatic rings. The van der Waals surface area contributed by atoms with Gasteiger partial charge in [0.15, 0.2) is 11.5 Å². The molecule has 0 aromatic carbocycles. The second kappa shape index (κ2) is 5.96. The lowest BCUT2D eigenvalue weighted by Crippen LogP contribution is -2.37. The molecule has 0 saturated heterocycles. The minimum absolute atomic E-state index is 0.307. The number of hydrogen-bond donors (Lipinski definition) is 0. The van der Waals surface area contributed by atoms with Crippen LogP contribution in [0.3, 0.4) is 0 Å². The molecule has 0 fully saturated rings. The number of hydrogen-bond acceptors (Lipinski definition) is 6. The molecule has 9 heteroatoms. The van der Waals surface area contributed by atoms with E-state index in [1.54, 1.807) is 10.7 Å². The molecule has 2 heterocycles. The molecule has 22 heavy (non-hydrogen) atoms. The number of aromatic nitrogens is 4. The van der Waals surface area contributed by atoms with Crippen LogP contribution < -0.4 is 16.4 Å². The first-order valence-electron chi connectivity index (χ1n) is 6.80. The third-order valence-electron chi connectivity index (χ3n) is 3.24. The van der Waals surface area contributed by atoms with E-state index in [1.807, 2.05) is 13.8 Å². The summed E-state index contributed by atoms with van der Waals surface area (Å²) in [4.78, 5) is 23.5. The Kier molecular flexibility index (Phi) is 4.25. The van der Waals surface area contributed by atoms with Gasteiger partial charge >= 0.3 is 5.69 Å². The van der Waals surface area contributed by atoms with Gasteiger partial charge in [-0.15, -0.1) is 10.2 Å². The monoisotopic (exact) mass is 305 g/mol. The Bertz CT molecular complexity index is 843. The Labute approximate surface area is 126 Å². The van der Waals surface area contributed by atoms with E-state index < -0.39 is 22.8 Å². The van der Waals surface area contributed by atoms with E-state index in [4.69, 9.17) is 0 Å². The lowest BCUT2D eigenvalue weighted by molar-refractivity contribution is -0.278. The molecule has 0 aliphatic heterocycles. The Morgan fingerprint density at radius 2 is 1.91 bits per heavy atom. The van der Waals surface area contributed by atoms with Gasteiger partial charge in [0.2, 0.25) is 0 Å². The molecule has 0 amide bonds. The van der Waals surface area contributed by atoms with Crippen molar-refractivity contribution in [1.29, 1.82) is 0 Å². The van der Waals surface area contributed by atoms with Crippen molar-refractivity contribution in [1.82, 2.24) is 18.9 Å². The second-order valence-corrected chi connectivity index (χ2v) is 4.93. The third-order valence-corrected chi connectivity index (χ3v) is 3.24. The molecule has 0 saturated carbocycles. The lowest BCUT2D eigenvalue weighted by Gasteiger charge is -2.14. The van der Waals surface area contributed by atoms with Crippen LogP contribution in [0, 0.1) is 6.92 Å². The summed E-state index contributed by atoms with van der Waals surface area (Å²) in [6.07, 6.45) is 0.922. The Morgan fingerprint density at radius 1 is 1.23 bits per heavy atom. The summed E-state index contributed by atoms with van der Waals surface area (Å²) in [7, 11) is 2.56. The van der Waals surface area contributed by atoms with Crippen LogP contribution in [0.15, 0.2) is 25.9 Å². The zero-order chi connectivity index (χ0) is 16.4. The number of aryl methyl sites for hydroxylation is 2. The highest BCUT2D eigenvalue weighted by atomic mass is 16.3. The van der Waals surface area contributed by atoms with Crippen molar-refractivity contribution in [2.75, 3.05) is 0 Å². The molecule has 2 rings (SSSR count). The van der Waals surface area contributed by atoms with E-state index >= 15 is 0 Å². The molecule has 0 unspecified atom stereocenters. The van der Waals surface area contributed by atoms with Crippen LogP contribution in [0.1, 0.15) is 19.0 Å². The summed E-state index contributed by atoms with van der Waals surface area (Å²) >= 11 is 0. The van der Waals surface area contributed by atoms with Crippen LogP contribution in [-0.4, -0.2) is 18.9 Å². The number of rotatable bonds is 4. The first-order chi connectivity index (χ1) is 10.4. The van der Waals surface area contributed by atoms with Crippen LogP contribution >= 0.6 is 0 Å². The third kappa shape index (κ3) is 2.69. The van der Waals surface area contributed by atoms with Gasteiger partial charge in [-0.05, 0) is 13.3 Å². The molecule has 0 spiro atoms. The van der Waals surface area contributed by atoms with E-state index in [-0.39, 0.29) is 0 Å². The average molecular weight is 305 g/mol. The van der Waals surface area contributed by atoms with E-state index in [9.17, 15) is 14.7 Å². The maximum Gasteiger partial charge on any atom is 0.330 e. The standard InChI is InChI=1S/C13H18N6O3/c1-5-6-19-8(2)7-9(16-19)14-15-10-11(20)17(3)13(22)18(4)12(10)21/h7,20H,5-6H2,1-4H3/p-1. The van der Waals surface area contributed by atoms with Crippen molar-refractivity contribution in [3.63, 3.8) is 0 Å². The predicted molar refractivity (Wildman–Crippen MR) is 77.8 cm³/mol. The summed E-state index contributed by atoms with van der Waals surface area (Å²) in [5.41, 5.74) is -0.975. The van der Waals surface area contributed by atoms with E-state index in [0.29, 0.717) is 5.82 Å². The Hall–Kier alpha value is -2.71. The van der Waals surface area contributed by atoms with Gasteiger partial charge in [-0.25, -0.2) is 4.79 Å². The maximum atomic E-state index is 11.9. The zero-order valence-electron chi connectivity index (χ0n) is 12.9. The molecule has 0 radical (unpaired) electrons. The van der Waals surface area contributed by atoms with Crippen molar-refractivity contribution in [2.24, 2.45) is 24.3 Å². The summed E-state index contributed by atoms with van der Waals surface area (Å²) < 4.78 is 3.40. The first-order valence-corrected chi connectivity index (χ1v) is 6.80. The minimum Gasteiger partial charge on any atom is -0.858 e. The minimum atomic E-state index is -0.776. The van der Waals surface area contributed by atoms with Gasteiger partial charge in [0, 0.05) is 38.3 Å². The summed E-state index contributed by atoms with van der Waals surface area (Å²) in [6.45, 7) is 4.65. The molecule has 0 bridgehead atoms. The van der Waals surface area contributed by atoms with Gasteiger partial charge in [0.05, 0.1) is 0 Å². The van der Waals surface area contributed by atoms with Crippen LogP contribution in [0.2, 0.25) is 0 Å². The van der Waals surface area contributed by atoms with Gasteiger partial charge in [-0.3, -0.25) is 14.0 Å². The largest absolute Gasteiger partial charge is 0.858 e. The van der Waals surface area contributed by atoms with E-state index in [1.165, 1.54) is 14.1 Å². The molecule has 2 aromatic heterocycles. The van der Waals surface area contributed by atoms with Gasteiger partial charge in [0.25, 0.3) is 5.56 Å². The molecular formula is C13H17N6O3-. The molecule has 9 nitrogen and oxygen atoms in total. The van der Waals surface area contributed by atoms with Crippen LogP contribution in [0.4, 0.5) is 11.5 Å². The Balaban J connectivity index is 2.45. The normalized spacial score (nSPS) is 11.5. The van der Waals surface area contributed by atoms with E-state index in [2.05, 4.69) is 15.3 Å². The van der Waals surface area contributed by atoms with Crippen molar-refractivity contribution in [3.8, 4) is 5.88 Å². The quantitative estimate of drug-likeness (QED) is 0.765. The number of nitrogens with zero attached hydrogens (tertiary/aromatic N) is 6.